The fourth-order valence-electron chi connectivity index (χ4n) is 1.65. The summed E-state index contributed by atoms with van der Waals surface area (Å²) in [6, 6.07) is 0. The molecule has 2 N–H and O–H groups in total. The minimum atomic E-state index is -3.05. The average molecular weight is 319 g/mol. The van der Waals surface area contributed by atoms with Crippen LogP contribution in [0.25, 0.3) is 4.96 Å². The van der Waals surface area contributed by atoms with Crippen LogP contribution < -0.4 is 10.0 Å². The lowest BCUT2D eigenvalue weighted by molar-refractivity contribution is 0.581. The predicted octanol–water partition coefficient (Wildman–Crippen LogP) is 1.56. The van der Waals surface area contributed by atoms with E-state index in [-0.39, 0.29) is 7.43 Å². The maximum atomic E-state index is 10.8. The Kier molecular flexibility index (Phi) is 6.37. The molecule has 9 heteroatoms. The highest BCUT2D eigenvalue weighted by Crippen LogP contribution is 2.13. The van der Waals surface area contributed by atoms with Gasteiger partial charge >= 0.3 is 0 Å². The quantitative estimate of drug-likeness (QED) is 0.721. The predicted molar refractivity (Wildman–Crippen MR) is 82.8 cm³/mol. The van der Waals surface area contributed by atoms with E-state index in [1.165, 1.54) is 17.8 Å². The maximum Gasteiger partial charge on any atom is 0.220 e. The fourth-order valence-corrected chi connectivity index (χ4v) is 2.83. The molecular weight excluding hydrogens is 298 g/mol. The molecule has 2 aromatic heterocycles. The second-order valence-corrected chi connectivity index (χ2v) is 6.80. The number of rotatable bonds is 8. The minimum absolute atomic E-state index is 0. The first-order valence-electron chi connectivity index (χ1n) is 6.03. The molecule has 7 nitrogen and oxygen atoms in total. The number of hydrogen-bond donors (Lipinski definition) is 2. The van der Waals surface area contributed by atoms with Crippen LogP contribution in [0.1, 0.15) is 26.7 Å². The Labute approximate surface area is 123 Å². The zero-order chi connectivity index (χ0) is 13.7. The van der Waals surface area contributed by atoms with Gasteiger partial charge < -0.3 is 5.32 Å². The molecule has 2 rings (SSSR count). The molecule has 0 spiro atoms. The highest BCUT2D eigenvalue weighted by Gasteiger charge is 2.04. The van der Waals surface area contributed by atoms with Crippen molar-refractivity contribution in [2.45, 2.75) is 26.7 Å². The van der Waals surface area contributed by atoms with Crippen LogP contribution in [0.3, 0.4) is 0 Å². The molecule has 0 aliphatic rings. The van der Waals surface area contributed by atoms with E-state index in [9.17, 15) is 8.42 Å². The molecule has 0 aliphatic carbocycles. The van der Waals surface area contributed by atoms with Gasteiger partial charge in [0.1, 0.15) is 0 Å². The van der Waals surface area contributed by atoms with E-state index in [4.69, 9.17) is 0 Å². The molecule has 114 valence electrons. The van der Waals surface area contributed by atoms with E-state index in [1.807, 2.05) is 10.6 Å². The van der Waals surface area contributed by atoms with Crippen molar-refractivity contribution in [1.82, 2.24) is 18.5 Å². The number of aromatic nitrogens is 3. The first-order chi connectivity index (χ1) is 9.06. The van der Waals surface area contributed by atoms with E-state index < -0.39 is 10.0 Å². The number of imidazole rings is 1. The van der Waals surface area contributed by atoms with Gasteiger partial charge in [-0.3, -0.25) is 4.40 Å². The van der Waals surface area contributed by atoms with Gasteiger partial charge in [-0.1, -0.05) is 13.8 Å². The Morgan fingerprint density at radius 2 is 2.05 bits per heavy atom. The summed E-state index contributed by atoms with van der Waals surface area (Å²) in [7, 11) is -3.05. The molecule has 0 saturated heterocycles. The summed E-state index contributed by atoms with van der Waals surface area (Å²) in [6.45, 7) is 1.32. The standard InChI is InChI=1S/C10H17N5O2S2.CH4/c1-19(16,17)13-6-4-2-3-5-11-9-14-18-10-12-7-8-15(9)10;/h7-8,13H,2-6H2,1H3,(H,11,14);1H4. The number of unbranched alkanes of at least 4 members (excludes halogenated alkanes) is 2. The second-order valence-electron chi connectivity index (χ2n) is 4.24. The van der Waals surface area contributed by atoms with Gasteiger partial charge in [-0.15, -0.1) is 0 Å². The summed E-state index contributed by atoms with van der Waals surface area (Å²) in [5, 5.41) is 3.24. The fraction of sp³-hybridized carbons (Fsp3) is 0.636. The monoisotopic (exact) mass is 319 g/mol. The number of nitrogens with zero attached hydrogens (tertiary/aromatic N) is 3. The van der Waals surface area contributed by atoms with Crippen molar-refractivity contribution < 1.29 is 8.42 Å². The molecule has 0 atom stereocenters. The molecule has 0 amide bonds. The number of hydrogen-bond acceptors (Lipinski definition) is 6. The third kappa shape index (κ3) is 5.06. The van der Waals surface area contributed by atoms with E-state index in [0.717, 1.165) is 36.7 Å². The van der Waals surface area contributed by atoms with Gasteiger partial charge in [0.25, 0.3) is 0 Å². The van der Waals surface area contributed by atoms with Gasteiger partial charge in [0, 0.05) is 37.0 Å². The van der Waals surface area contributed by atoms with Crippen LogP contribution in [-0.4, -0.2) is 41.5 Å². The Balaban J connectivity index is 0.00000200. The zero-order valence-corrected chi connectivity index (χ0v) is 12.3. The summed E-state index contributed by atoms with van der Waals surface area (Å²) < 4.78 is 30.3. The van der Waals surface area contributed by atoms with Gasteiger partial charge in [0.05, 0.1) is 6.26 Å². The first-order valence-corrected chi connectivity index (χ1v) is 8.70. The zero-order valence-electron chi connectivity index (χ0n) is 10.7. The third-order valence-electron chi connectivity index (χ3n) is 2.55. The molecule has 0 bridgehead atoms. The summed E-state index contributed by atoms with van der Waals surface area (Å²) in [5.74, 6) is 0.812. The van der Waals surface area contributed by atoms with E-state index in [2.05, 4.69) is 19.4 Å². The van der Waals surface area contributed by atoms with Gasteiger partial charge in [0.15, 0.2) is 0 Å². The number of fused-ring (bicyclic) bond motifs is 1. The van der Waals surface area contributed by atoms with Crippen molar-refractivity contribution in [1.29, 1.82) is 0 Å². The Bertz CT molecular complexity index is 620. The van der Waals surface area contributed by atoms with Gasteiger partial charge in [-0.25, -0.2) is 18.1 Å². The molecule has 0 unspecified atom stereocenters. The first kappa shape index (κ1) is 16.9. The minimum Gasteiger partial charge on any atom is -0.355 e. The summed E-state index contributed by atoms with van der Waals surface area (Å²) in [6.07, 6.45) is 7.57. The number of anilines is 1. The molecular formula is C11H21N5O2S2. The molecule has 0 saturated carbocycles. The van der Waals surface area contributed by atoms with Gasteiger partial charge in [-0.2, -0.15) is 4.37 Å². The van der Waals surface area contributed by atoms with E-state index in [1.54, 1.807) is 6.20 Å². The Morgan fingerprint density at radius 3 is 2.80 bits per heavy atom. The molecule has 0 fully saturated rings. The Morgan fingerprint density at radius 1 is 1.30 bits per heavy atom. The SMILES string of the molecule is C.CS(=O)(=O)NCCCCCNc1nsc2nccn12. The molecule has 0 aliphatic heterocycles. The van der Waals surface area contributed by atoms with Crippen LogP contribution >= 0.6 is 11.5 Å². The number of sulfonamides is 1. The topological polar surface area (TPSA) is 88.4 Å². The highest BCUT2D eigenvalue weighted by atomic mass is 32.2. The van der Waals surface area contributed by atoms with E-state index >= 15 is 0 Å². The molecule has 2 heterocycles. The van der Waals surface area contributed by atoms with Gasteiger partial charge in [0.2, 0.25) is 20.9 Å². The lowest BCUT2D eigenvalue weighted by Crippen LogP contribution is -2.22. The van der Waals surface area contributed by atoms with Crippen LogP contribution in [0, 0.1) is 0 Å². The van der Waals surface area contributed by atoms with Crippen LogP contribution in [0.4, 0.5) is 5.95 Å². The van der Waals surface area contributed by atoms with Crippen LogP contribution in [0.2, 0.25) is 0 Å². The molecule has 2 aromatic rings. The largest absolute Gasteiger partial charge is 0.355 e. The highest BCUT2D eigenvalue weighted by molar-refractivity contribution is 7.88. The average Bonchev–Trinajstić information content (AvgIpc) is 2.90. The van der Waals surface area contributed by atoms with Crippen LogP contribution in [-0.2, 0) is 10.0 Å². The van der Waals surface area contributed by atoms with Crippen molar-refractivity contribution in [2.75, 3.05) is 24.7 Å². The van der Waals surface area contributed by atoms with Crippen LogP contribution in [0.15, 0.2) is 12.4 Å². The summed E-state index contributed by atoms with van der Waals surface area (Å²) in [4.78, 5) is 5.02. The Hall–Kier alpha value is -1.19. The molecule has 0 aromatic carbocycles. The van der Waals surface area contributed by atoms with Crippen molar-refractivity contribution in [3.05, 3.63) is 12.4 Å². The van der Waals surface area contributed by atoms with E-state index in [0.29, 0.717) is 6.54 Å². The van der Waals surface area contributed by atoms with Crippen molar-refractivity contribution in [2.24, 2.45) is 0 Å². The molecule has 20 heavy (non-hydrogen) atoms. The second kappa shape index (κ2) is 7.55. The summed E-state index contributed by atoms with van der Waals surface area (Å²) >= 11 is 1.36. The normalized spacial score (nSPS) is 11.4. The maximum absolute atomic E-state index is 10.8. The number of nitrogens with one attached hydrogen (secondary N) is 2. The third-order valence-corrected chi connectivity index (χ3v) is 4.01. The van der Waals surface area contributed by atoms with Crippen molar-refractivity contribution in [3.63, 3.8) is 0 Å². The van der Waals surface area contributed by atoms with Crippen molar-refractivity contribution >= 4 is 32.5 Å². The lowest BCUT2D eigenvalue weighted by Gasteiger charge is -2.04. The smallest absolute Gasteiger partial charge is 0.220 e. The lowest BCUT2D eigenvalue weighted by atomic mass is 10.2. The van der Waals surface area contributed by atoms with Crippen LogP contribution in [0.5, 0.6) is 0 Å². The molecule has 0 radical (unpaired) electrons. The van der Waals surface area contributed by atoms with Gasteiger partial charge in [-0.05, 0) is 12.8 Å². The van der Waals surface area contributed by atoms with Crippen molar-refractivity contribution in [3.8, 4) is 0 Å². The summed E-state index contributed by atoms with van der Waals surface area (Å²) in [5.41, 5.74) is 0.